The largest absolute Gasteiger partial charge is 0.496 e. The lowest BCUT2D eigenvalue weighted by molar-refractivity contribution is -0.117. The van der Waals surface area contributed by atoms with Crippen LogP contribution in [0.5, 0.6) is 5.75 Å². The molecule has 5 nitrogen and oxygen atoms in total. The standard InChI is InChI=1S/C24H30N2O3/c1-15(2)20-14-21(16(3)12-22(20)29-5)17(4)25-24(28)18-8-6-9-19(13-18)26-11-7-10-23(26)27/h6,8-9,12-15,17H,7,10-11H2,1-5H3,(H,25,28). The molecule has 1 heterocycles. The zero-order chi connectivity index (χ0) is 21.1. The maximum atomic E-state index is 12.9. The molecule has 5 heteroatoms. The van der Waals surface area contributed by atoms with Crippen LogP contribution in [-0.4, -0.2) is 25.5 Å². The highest BCUT2D eigenvalue weighted by Gasteiger charge is 2.23. The number of nitrogens with one attached hydrogen (secondary N) is 1. The number of carbonyl (C=O) groups is 2. The van der Waals surface area contributed by atoms with Gasteiger partial charge in [0.2, 0.25) is 5.91 Å². The van der Waals surface area contributed by atoms with Gasteiger partial charge in [-0.1, -0.05) is 19.9 Å². The van der Waals surface area contributed by atoms with Gasteiger partial charge in [0.15, 0.2) is 0 Å². The lowest BCUT2D eigenvalue weighted by Crippen LogP contribution is -2.28. The molecule has 3 rings (SSSR count). The molecule has 0 spiro atoms. The van der Waals surface area contributed by atoms with Crippen molar-refractivity contribution in [1.29, 1.82) is 0 Å². The van der Waals surface area contributed by atoms with Crippen LogP contribution in [-0.2, 0) is 4.79 Å². The van der Waals surface area contributed by atoms with Crippen molar-refractivity contribution in [2.24, 2.45) is 0 Å². The maximum Gasteiger partial charge on any atom is 0.251 e. The molecule has 1 aliphatic heterocycles. The first-order valence-electron chi connectivity index (χ1n) is 10.2. The lowest BCUT2D eigenvalue weighted by Gasteiger charge is -2.21. The molecule has 0 aliphatic carbocycles. The van der Waals surface area contributed by atoms with E-state index in [0.717, 1.165) is 34.5 Å². The molecule has 2 aromatic carbocycles. The van der Waals surface area contributed by atoms with Gasteiger partial charge in [0.25, 0.3) is 5.91 Å². The Bertz CT molecular complexity index is 920. The predicted octanol–water partition coefficient (Wildman–Crippen LogP) is 4.74. The molecule has 2 aromatic rings. The van der Waals surface area contributed by atoms with Crippen molar-refractivity contribution < 1.29 is 14.3 Å². The second-order valence-corrected chi connectivity index (χ2v) is 8.00. The highest BCUT2D eigenvalue weighted by Crippen LogP contribution is 2.32. The Morgan fingerprint density at radius 3 is 2.52 bits per heavy atom. The second-order valence-electron chi connectivity index (χ2n) is 8.00. The van der Waals surface area contributed by atoms with E-state index in [-0.39, 0.29) is 17.9 Å². The zero-order valence-electron chi connectivity index (χ0n) is 17.9. The molecule has 1 aliphatic rings. The minimum atomic E-state index is -0.150. The number of anilines is 1. The molecule has 1 N–H and O–H groups in total. The number of amides is 2. The molecule has 1 atom stereocenters. The number of methoxy groups -OCH3 is 1. The van der Waals surface area contributed by atoms with Gasteiger partial charge in [0, 0.05) is 24.2 Å². The number of rotatable bonds is 6. The van der Waals surface area contributed by atoms with Gasteiger partial charge in [-0.25, -0.2) is 0 Å². The number of nitrogens with zero attached hydrogens (tertiary/aromatic N) is 1. The number of aryl methyl sites for hydroxylation is 1. The van der Waals surface area contributed by atoms with E-state index >= 15 is 0 Å². The third-order valence-corrected chi connectivity index (χ3v) is 5.55. The maximum absolute atomic E-state index is 12.9. The summed E-state index contributed by atoms with van der Waals surface area (Å²) in [6.45, 7) is 8.99. The normalized spacial score (nSPS) is 15.0. The highest BCUT2D eigenvalue weighted by atomic mass is 16.5. The van der Waals surface area contributed by atoms with Crippen LogP contribution in [0.25, 0.3) is 0 Å². The predicted molar refractivity (Wildman–Crippen MR) is 116 cm³/mol. The van der Waals surface area contributed by atoms with E-state index in [2.05, 4.69) is 25.2 Å². The van der Waals surface area contributed by atoms with Crippen LogP contribution in [0.2, 0.25) is 0 Å². The number of benzene rings is 2. The summed E-state index contributed by atoms with van der Waals surface area (Å²) in [5.41, 5.74) is 4.63. The van der Waals surface area contributed by atoms with Crippen molar-refractivity contribution >= 4 is 17.5 Å². The molecular formula is C24H30N2O3. The zero-order valence-corrected chi connectivity index (χ0v) is 17.9. The van der Waals surface area contributed by atoms with Crippen molar-refractivity contribution in [1.82, 2.24) is 5.32 Å². The summed E-state index contributed by atoms with van der Waals surface area (Å²) in [7, 11) is 1.68. The Balaban J connectivity index is 1.81. The van der Waals surface area contributed by atoms with Crippen molar-refractivity contribution in [3.05, 3.63) is 58.7 Å². The first-order valence-corrected chi connectivity index (χ1v) is 10.2. The summed E-state index contributed by atoms with van der Waals surface area (Å²) in [5.74, 6) is 1.17. The minimum Gasteiger partial charge on any atom is -0.496 e. The summed E-state index contributed by atoms with van der Waals surface area (Å²) in [6.07, 6.45) is 1.43. The van der Waals surface area contributed by atoms with Gasteiger partial charge in [-0.3, -0.25) is 9.59 Å². The molecule has 1 saturated heterocycles. The fraction of sp³-hybridized carbons (Fsp3) is 0.417. The average Bonchev–Trinajstić information content (AvgIpc) is 3.13. The molecule has 2 amide bonds. The van der Waals surface area contributed by atoms with Crippen molar-refractivity contribution in [3.63, 3.8) is 0 Å². The smallest absolute Gasteiger partial charge is 0.251 e. The molecule has 0 radical (unpaired) electrons. The van der Waals surface area contributed by atoms with Gasteiger partial charge in [-0.2, -0.15) is 0 Å². The summed E-state index contributed by atoms with van der Waals surface area (Å²) < 4.78 is 5.52. The molecule has 0 saturated carbocycles. The number of carbonyl (C=O) groups excluding carboxylic acids is 2. The number of hydrogen-bond acceptors (Lipinski definition) is 3. The SMILES string of the molecule is COc1cc(C)c(C(C)NC(=O)c2cccc(N3CCCC3=O)c2)cc1C(C)C. The molecular weight excluding hydrogens is 364 g/mol. The second kappa shape index (κ2) is 8.68. The van der Waals surface area contributed by atoms with E-state index in [1.54, 1.807) is 24.1 Å². The van der Waals surface area contributed by atoms with Crippen LogP contribution in [0, 0.1) is 6.92 Å². The average molecular weight is 395 g/mol. The number of hydrogen-bond donors (Lipinski definition) is 1. The summed E-state index contributed by atoms with van der Waals surface area (Å²) in [5, 5.41) is 3.10. The monoisotopic (exact) mass is 394 g/mol. The van der Waals surface area contributed by atoms with E-state index in [9.17, 15) is 9.59 Å². The summed E-state index contributed by atoms with van der Waals surface area (Å²) in [6, 6.07) is 11.3. The van der Waals surface area contributed by atoms with E-state index in [1.807, 2.05) is 32.0 Å². The minimum absolute atomic E-state index is 0.117. The van der Waals surface area contributed by atoms with Gasteiger partial charge in [0.1, 0.15) is 5.75 Å². The first-order chi connectivity index (χ1) is 13.8. The van der Waals surface area contributed by atoms with Crippen molar-refractivity contribution in [2.45, 2.75) is 52.5 Å². The highest BCUT2D eigenvalue weighted by molar-refractivity contribution is 5.99. The van der Waals surface area contributed by atoms with Crippen molar-refractivity contribution in [2.75, 3.05) is 18.6 Å². The summed E-state index contributed by atoms with van der Waals surface area (Å²) >= 11 is 0. The van der Waals surface area contributed by atoms with Crippen molar-refractivity contribution in [3.8, 4) is 5.75 Å². The third kappa shape index (κ3) is 4.44. The van der Waals surface area contributed by atoms with Gasteiger partial charge in [-0.05, 0) is 73.2 Å². The Morgan fingerprint density at radius 2 is 1.90 bits per heavy atom. The van der Waals surface area contributed by atoms with E-state index in [0.29, 0.717) is 24.4 Å². The quantitative estimate of drug-likeness (QED) is 0.769. The molecule has 1 unspecified atom stereocenters. The lowest BCUT2D eigenvalue weighted by atomic mass is 9.93. The fourth-order valence-electron chi connectivity index (χ4n) is 3.90. The molecule has 1 fully saturated rings. The Kier molecular flexibility index (Phi) is 6.26. The number of ether oxygens (including phenoxy) is 1. The van der Waals surface area contributed by atoms with E-state index in [1.165, 1.54) is 0 Å². The topological polar surface area (TPSA) is 58.6 Å². The Morgan fingerprint density at radius 1 is 1.14 bits per heavy atom. The molecule has 0 bridgehead atoms. The van der Waals surface area contributed by atoms with Crippen LogP contribution in [0.15, 0.2) is 36.4 Å². The van der Waals surface area contributed by atoms with Crippen LogP contribution in [0.3, 0.4) is 0 Å². The van der Waals surface area contributed by atoms with Gasteiger partial charge in [-0.15, -0.1) is 0 Å². The molecule has 29 heavy (non-hydrogen) atoms. The van der Waals surface area contributed by atoms with Crippen LogP contribution in [0.4, 0.5) is 5.69 Å². The summed E-state index contributed by atoms with van der Waals surface area (Å²) in [4.78, 5) is 26.7. The molecule has 0 aromatic heterocycles. The van der Waals surface area contributed by atoms with E-state index < -0.39 is 0 Å². The van der Waals surface area contributed by atoms with Crippen LogP contribution in [0.1, 0.15) is 72.6 Å². The van der Waals surface area contributed by atoms with Gasteiger partial charge >= 0.3 is 0 Å². The van der Waals surface area contributed by atoms with E-state index in [4.69, 9.17) is 4.74 Å². The van der Waals surface area contributed by atoms with Crippen LogP contribution >= 0.6 is 0 Å². The Hall–Kier alpha value is -2.82. The first kappa shape index (κ1) is 20.9. The fourth-order valence-corrected chi connectivity index (χ4v) is 3.90. The van der Waals surface area contributed by atoms with Gasteiger partial charge < -0.3 is 15.0 Å². The van der Waals surface area contributed by atoms with Crippen LogP contribution < -0.4 is 15.0 Å². The molecule has 154 valence electrons. The third-order valence-electron chi connectivity index (χ3n) is 5.55. The Labute approximate surface area is 173 Å². The van der Waals surface area contributed by atoms with Gasteiger partial charge in [0.05, 0.1) is 13.2 Å².